The number of aliphatic imine (C=N–C) groups is 1. The van der Waals surface area contributed by atoms with Crippen LogP contribution in [0.3, 0.4) is 0 Å². The molecule has 0 saturated carbocycles. The Morgan fingerprint density at radius 3 is 2.48 bits per heavy atom. The standard InChI is InChI=1S/C24H41N5O2/c1-19(17-28(6)23(30)31-24(2,3)4)16-26-22(25-5)27-21-12-14-29(15-13-21)18-20-10-8-7-9-11-20/h7-11,19,21H,12-18H2,1-6H3,(H2,25,26,27). The van der Waals surface area contributed by atoms with Crippen LogP contribution in [0.5, 0.6) is 0 Å². The molecule has 0 aromatic heterocycles. The van der Waals surface area contributed by atoms with E-state index >= 15 is 0 Å². The Morgan fingerprint density at radius 1 is 1.26 bits per heavy atom. The van der Waals surface area contributed by atoms with Crippen LogP contribution in [0.2, 0.25) is 0 Å². The van der Waals surface area contributed by atoms with Gasteiger partial charge in [0.25, 0.3) is 0 Å². The van der Waals surface area contributed by atoms with E-state index in [1.807, 2.05) is 20.8 Å². The number of hydrogen-bond donors (Lipinski definition) is 2. The van der Waals surface area contributed by atoms with Gasteiger partial charge in [0.2, 0.25) is 0 Å². The van der Waals surface area contributed by atoms with Crippen LogP contribution in [0.25, 0.3) is 0 Å². The summed E-state index contributed by atoms with van der Waals surface area (Å²) in [6.07, 6.45) is 1.92. The highest BCUT2D eigenvalue weighted by Crippen LogP contribution is 2.14. The first-order chi connectivity index (χ1) is 14.7. The number of likely N-dealkylation sites (tertiary alicyclic amines) is 1. The minimum atomic E-state index is -0.477. The highest BCUT2D eigenvalue weighted by Gasteiger charge is 2.22. The number of nitrogens with zero attached hydrogens (tertiary/aromatic N) is 3. The molecule has 174 valence electrons. The molecule has 1 aromatic rings. The number of benzene rings is 1. The van der Waals surface area contributed by atoms with Crippen molar-refractivity contribution in [2.45, 2.75) is 58.7 Å². The molecule has 1 aliphatic rings. The molecule has 0 spiro atoms. The van der Waals surface area contributed by atoms with E-state index in [9.17, 15) is 4.79 Å². The fraction of sp³-hybridized carbons (Fsp3) is 0.667. The average molecular weight is 432 g/mol. The number of piperidine rings is 1. The van der Waals surface area contributed by atoms with Crippen molar-refractivity contribution < 1.29 is 9.53 Å². The van der Waals surface area contributed by atoms with Crippen molar-refractivity contribution in [1.82, 2.24) is 20.4 Å². The highest BCUT2D eigenvalue weighted by atomic mass is 16.6. The Morgan fingerprint density at radius 2 is 1.90 bits per heavy atom. The molecule has 0 bridgehead atoms. The summed E-state index contributed by atoms with van der Waals surface area (Å²) in [7, 11) is 3.58. The van der Waals surface area contributed by atoms with Gasteiger partial charge in [-0.25, -0.2) is 4.79 Å². The average Bonchev–Trinajstić information content (AvgIpc) is 2.71. The molecule has 0 aliphatic carbocycles. The number of nitrogens with one attached hydrogen (secondary N) is 2. The number of guanidine groups is 1. The van der Waals surface area contributed by atoms with Crippen LogP contribution in [0, 0.1) is 5.92 Å². The second kappa shape index (κ2) is 11.9. The van der Waals surface area contributed by atoms with Crippen molar-refractivity contribution >= 4 is 12.1 Å². The molecule has 7 heteroatoms. The molecule has 1 fully saturated rings. The number of hydrogen-bond acceptors (Lipinski definition) is 4. The van der Waals surface area contributed by atoms with E-state index in [-0.39, 0.29) is 12.0 Å². The van der Waals surface area contributed by atoms with Crippen LogP contribution in [-0.4, -0.2) is 73.8 Å². The van der Waals surface area contributed by atoms with Crippen LogP contribution in [0.15, 0.2) is 35.3 Å². The van der Waals surface area contributed by atoms with Gasteiger partial charge in [0.1, 0.15) is 5.60 Å². The first-order valence-electron chi connectivity index (χ1n) is 11.3. The molecule has 1 saturated heterocycles. The molecule has 2 N–H and O–H groups in total. The Kier molecular flexibility index (Phi) is 9.62. The number of ether oxygens (including phenoxy) is 1. The maximum absolute atomic E-state index is 12.1. The Bertz CT molecular complexity index is 694. The Hall–Kier alpha value is -2.28. The fourth-order valence-corrected chi connectivity index (χ4v) is 3.68. The number of carbonyl (C=O) groups excluding carboxylic acids is 1. The quantitative estimate of drug-likeness (QED) is 0.512. The van der Waals surface area contributed by atoms with E-state index in [2.05, 4.69) is 57.8 Å². The van der Waals surface area contributed by atoms with Gasteiger partial charge in [-0.2, -0.15) is 0 Å². The zero-order chi connectivity index (χ0) is 22.9. The zero-order valence-electron chi connectivity index (χ0n) is 20.1. The van der Waals surface area contributed by atoms with Gasteiger partial charge in [-0.15, -0.1) is 0 Å². The monoisotopic (exact) mass is 431 g/mol. The van der Waals surface area contributed by atoms with Gasteiger partial charge in [-0.05, 0) is 45.1 Å². The molecular weight excluding hydrogens is 390 g/mol. The fourth-order valence-electron chi connectivity index (χ4n) is 3.68. The first-order valence-corrected chi connectivity index (χ1v) is 11.3. The van der Waals surface area contributed by atoms with E-state index < -0.39 is 5.60 Å². The molecule has 7 nitrogen and oxygen atoms in total. The smallest absolute Gasteiger partial charge is 0.410 e. The van der Waals surface area contributed by atoms with Crippen LogP contribution in [-0.2, 0) is 11.3 Å². The molecule has 1 heterocycles. The van der Waals surface area contributed by atoms with Crippen molar-refractivity contribution in [3.05, 3.63) is 35.9 Å². The summed E-state index contributed by atoms with van der Waals surface area (Å²) in [5.41, 5.74) is 0.895. The lowest BCUT2D eigenvalue weighted by Gasteiger charge is -2.33. The summed E-state index contributed by atoms with van der Waals surface area (Å²) >= 11 is 0. The van der Waals surface area contributed by atoms with E-state index in [1.165, 1.54) is 5.56 Å². The first kappa shape index (κ1) is 25.0. The van der Waals surface area contributed by atoms with E-state index in [4.69, 9.17) is 4.74 Å². The minimum absolute atomic E-state index is 0.267. The maximum atomic E-state index is 12.1. The van der Waals surface area contributed by atoms with Crippen LogP contribution in [0.4, 0.5) is 4.79 Å². The van der Waals surface area contributed by atoms with E-state index in [0.29, 0.717) is 12.6 Å². The van der Waals surface area contributed by atoms with Gasteiger partial charge in [-0.3, -0.25) is 9.89 Å². The lowest BCUT2D eigenvalue weighted by atomic mass is 10.0. The topological polar surface area (TPSA) is 69.2 Å². The van der Waals surface area contributed by atoms with Crippen LogP contribution >= 0.6 is 0 Å². The van der Waals surface area contributed by atoms with E-state index in [1.54, 1.807) is 19.0 Å². The highest BCUT2D eigenvalue weighted by molar-refractivity contribution is 5.80. The van der Waals surface area contributed by atoms with Crippen molar-refractivity contribution in [3.63, 3.8) is 0 Å². The van der Waals surface area contributed by atoms with Crippen molar-refractivity contribution in [2.24, 2.45) is 10.9 Å². The lowest BCUT2D eigenvalue weighted by molar-refractivity contribution is 0.0278. The third-order valence-corrected chi connectivity index (χ3v) is 5.31. The molecule has 1 amide bonds. The molecule has 1 aliphatic heterocycles. The predicted octanol–water partition coefficient (Wildman–Crippen LogP) is 3.32. The number of rotatable bonds is 7. The summed E-state index contributed by atoms with van der Waals surface area (Å²) in [6.45, 7) is 12.3. The molecular formula is C24H41N5O2. The van der Waals surface area contributed by atoms with E-state index in [0.717, 1.165) is 45.0 Å². The number of amides is 1. The Balaban J connectivity index is 1.68. The van der Waals surface area contributed by atoms with Gasteiger partial charge in [0, 0.05) is 52.9 Å². The van der Waals surface area contributed by atoms with Crippen molar-refractivity contribution in [2.75, 3.05) is 40.3 Å². The molecule has 1 aromatic carbocycles. The maximum Gasteiger partial charge on any atom is 0.410 e. The largest absolute Gasteiger partial charge is 0.444 e. The van der Waals surface area contributed by atoms with Gasteiger partial charge in [0.15, 0.2) is 5.96 Å². The third-order valence-electron chi connectivity index (χ3n) is 5.31. The van der Waals surface area contributed by atoms with Gasteiger partial charge in [-0.1, -0.05) is 37.3 Å². The van der Waals surface area contributed by atoms with Crippen molar-refractivity contribution in [1.29, 1.82) is 0 Å². The molecule has 2 rings (SSSR count). The summed E-state index contributed by atoms with van der Waals surface area (Å²) in [5, 5.41) is 6.97. The summed E-state index contributed by atoms with van der Waals surface area (Å²) in [5.74, 6) is 1.09. The summed E-state index contributed by atoms with van der Waals surface area (Å²) in [6, 6.07) is 11.1. The SMILES string of the molecule is CN=C(NCC(C)CN(C)C(=O)OC(C)(C)C)NC1CCN(Cc2ccccc2)CC1. The summed E-state index contributed by atoms with van der Waals surface area (Å²) < 4.78 is 5.42. The van der Waals surface area contributed by atoms with Crippen LogP contribution < -0.4 is 10.6 Å². The third kappa shape index (κ3) is 9.59. The van der Waals surface area contributed by atoms with Gasteiger partial charge in [0.05, 0.1) is 0 Å². The van der Waals surface area contributed by atoms with Gasteiger partial charge >= 0.3 is 6.09 Å². The molecule has 1 unspecified atom stereocenters. The number of carbonyl (C=O) groups is 1. The molecule has 1 atom stereocenters. The van der Waals surface area contributed by atoms with Gasteiger partial charge < -0.3 is 20.3 Å². The predicted molar refractivity (Wildman–Crippen MR) is 127 cm³/mol. The molecule has 31 heavy (non-hydrogen) atoms. The summed E-state index contributed by atoms with van der Waals surface area (Å²) in [4.78, 5) is 20.7. The second-order valence-electron chi connectivity index (χ2n) is 9.60. The molecule has 0 radical (unpaired) electrons. The van der Waals surface area contributed by atoms with Crippen molar-refractivity contribution in [3.8, 4) is 0 Å². The normalized spacial score (nSPS) is 17.2. The lowest BCUT2D eigenvalue weighted by Crippen LogP contribution is -2.49. The zero-order valence-corrected chi connectivity index (χ0v) is 20.1. The Labute approximate surface area is 188 Å². The minimum Gasteiger partial charge on any atom is -0.444 e. The van der Waals surface area contributed by atoms with Crippen LogP contribution in [0.1, 0.15) is 46.1 Å². The second-order valence-corrected chi connectivity index (χ2v) is 9.60.